The molecule has 0 aliphatic heterocycles. The van der Waals surface area contributed by atoms with E-state index in [0.717, 1.165) is 4.88 Å². The summed E-state index contributed by atoms with van der Waals surface area (Å²) in [5.41, 5.74) is 1.20. The highest BCUT2D eigenvalue weighted by Crippen LogP contribution is 2.20. The molecule has 0 aromatic carbocycles. The van der Waals surface area contributed by atoms with Crippen molar-refractivity contribution in [3.8, 4) is 0 Å². The van der Waals surface area contributed by atoms with Crippen LogP contribution in [0.2, 0.25) is 0 Å². The van der Waals surface area contributed by atoms with Gasteiger partial charge in [-0.25, -0.2) is 9.59 Å². The monoisotopic (exact) mass is 270 g/mol. The van der Waals surface area contributed by atoms with Crippen molar-refractivity contribution in [2.45, 2.75) is 39.8 Å². The minimum atomic E-state index is -1.02. The highest BCUT2D eigenvalue weighted by Gasteiger charge is 2.17. The van der Waals surface area contributed by atoms with Crippen LogP contribution in [0.15, 0.2) is 6.07 Å². The van der Waals surface area contributed by atoms with Gasteiger partial charge in [0.2, 0.25) is 0 Å². The molecule has 0 bridgehead atoms. The zero-order valence-corrected chi connectivity index (χ0v) is 11.6. The number of carbonyl (C=O) groups is 2. The Kier molecular flexibility index (Phi) is 5.15. The van der Waals surface area contributed by atoms with Gasteiger partial charge in [-0.05, 0) is 31.9 Å². The van der Waals surface area contributed by atoms with Gasteiger partial charge >= 0.3 is 12.0 Å². The van der Waals surface area contributed by atoms with Gasteiger partial charge in [0.1, 0.15) is 6.04 Å². The van der Waals surface area contributed by atoms with E-state index in [1.54, 1.807) is 18.3 Å². The Labute approximate surface area is 110 Å². The number of carbonyl (C=O) groups excluding carboxylic acids is 1. The molecule has 6 heteroatoms. The summed E-state index contributed by atoms with van der Waals surface area (Å²) in [5.74, 6) is -1.02. The van der Waals surface area contributed by atoms with Crippen LogP contribution < -0.4 is 10.6 Å². The smallest absolute Gasteiger partial charge is 0.326 e. The lowest BCUT2D eigenvalue weighted by atomic mass is 10.2. The quantitative estimate of drug-likeness (QED) is 0.766. The number of carboxylic acids is 1. The maximum absolute atomic E-state index is 11.5. The third-order valence-corrected chi connectivity index (χ3v) is 3.80. The minimum Gasteiger partial charge on any atom is -0.480 e. The Morgan fingerprint density at radius 1 is 1.44 bits per heavy atom. The SMILES string of the molecule is CC[C@@H](NC(=O)NCc1cc(C)c(C)s1)C(=O)O. The molecule has 18 heavy (non-hydrogen) atoms. The molecule has 0 saturated heterocycles. The van der Waals surface area contributed by atoms with Gasteiger partial charge in [-0.15, -0.1) is 11.3 Å². The number of hydrogen-bond donors (Lipinski definition) is 3. The zero-order chi connectivity index (χ0) is 13.7. The Balaban J connectivity index is 2.44. The van der Waals surface area contributed by atoms with Crippen molar-refractivity contribution in [2.24, 2.45) is 0 Å². The average molecular weight is 270 g/mol. The lowest BCUT2D eigenvalue weighted by Gasteiger charge is -2.12. The van der Waals surface area contributed by atoms with Crippen LogP contribution >= 0.6 is 11.3 Å². The van der Waals surface area contributed by atoms with Gasteiger partial charge in [-0.2, -0.15) is 0 Å². The average Bonchev–Trinajstić information content (AvgIpc) is 2.63. The molecule has 0 unspecified atom stereocenters. The Bertz CT molecular complexity index is 423. The van der Waals surface area contributed by atoms with E-state index < -0.39 is 18.0 Å². The predicted molar refractivity (Wildman–Crippen MR) is 70.9 cm³/mol. The summed E-state index contributed by atoms with van der Waals surface area (Å²) in [6, 6.07) is 0.735. The number of aryl methyl sites for hydroxylation is 2. The molecule has 1 atom stereocenters. The molecule has 1 aromatic heterocycles. The summed E-state index contributed by atoms with van der Waals surface area (Å²) in [6.07, 6.45) is 0.361. The number of aliphatic carboxylic acids is 1. The Morgan fingerprint density at radius 3 is 2.56 bits per heavy atom. The van der Waals surface area contributed by atoms with Crippen molar-refractivity contribution in [2.75, 3.05) is 0 Å². The Morgan fingerprint density at radius 2 is 2.11 bits per heavy atom. The maximum Gasteiger partial charge on any atom is 0.326 e. The molecule has 1 heterocycles. The highest BCUT2D eigenvalue weighted by atomic mass is 32.1. The first-order valence-corrected chi connectivity index (χ1v) is 6.58. The van der Waals surface area contributed by atoms with Crippen LogP contribution in [0.1, 0.15) is 28.7 Å². The molecule has 3 N–H and O–H groups in total. The Hall–Kier alpha value is -1.56. The van der Waals surface area contributed by atoms with Gasteiger partial charge in [0.05, 0.1) is 6.54 Å². The van der Waals surface area contributed by atoms with E-state index in [2.05, 4.69) is 10.6 Å². The molecular weight excluding hydrogens is 252 g/mol. The first-order valence-electron chi connectivity index (χ1n) is 5.77. The molecule has 0 fully saturated rings. The number of amides is 2. The van der Waals surface area contributed by atoms with Crippen molar-refractivity contribution in [3.05, 3.63) is 21.4 Å². The summed E-state index contributed by atoms with van der Waals surface area (Å²) in [7, 11) is 0. The second-order valence-electron chi connectivity index (χ2n) is 4.08. The molecule has 0 spiro atoms. The number of rotatable bonds is 5. The van der Waals surface area contributed by atoms with E-state index in [-0.39, 0.29) is 0 Å². The van der Waals surface area contributed by atoms with Crippen LogP contribution in [0.3, 0.4) is 0 Å². The zero-order valence-electron chi connectivity index (χ0n) is 10.7. The van der Waals surface area contributed by atoms with E-state index in [4.69, 9.17) is 5.11 Å². The number of thiophene rings is 1. The first kappa shape index (κ1) is 14.5. The van der Waals surface area contributed by atoms with E-state index in [9.17, 15) is 9.59 Å². The molecule has 0 aliphatic carbocycles. The predicted octanol–water partition coefficient (Wildman–Crippen LogP) is 2.03. The van der Waals surface area contributed by atoms with Crippen molar-refractivity contribution >= 4 is 23.3 Å². The molecule has 2 amide bonds. The van der Waals surface area contributed by atoms with Crippen LogP contribution in [-0.2, 0) is 11.3 Å². The number of hydrogen-bond acceptors (Lipinski definition) is 3. The van der Waals surface area contributed by atoms with Gasteiger partial charge in [-0.3, -0.25) is 0 Å². The van der Waals surface area contributed by atoms with Crippen molar-refractivity contribution in [1.82, 2.24) is 10.6 Å². The molecular formula is C12H18N2O3S. The fourth-order valence-electron chi connectivity index (χ4n) is 1.45. The normalized spacial score (nSPS) is 11.9. The number of nitrogens with one attached hydrogen (secondary N) is 2. The largest absolute Gasteiger partial charge is 0.480 e. The lowest BCUT2D eigenvalue weighted by molar-refractivity contribution is -0.139. The molecule has 1 rings (SSSR count). The van der Waals surface area contributed by atoms with Crippen LogP contribution in [0.4, 0.5) is 4.79 Å². The van der Waals surface area contributed by atoms with Crippen molar-refractivity contribution in [1.29, 1.82) is 0 Å². The standard InChI is InChI=1S/C12H18N2O3S/c1-4-10(11(15)16)14-12(17)13-6-9-5-7(2)8(3)18-9/h5,10H,4,6H2,1-3H3,(H,15,16)(H2,13,14,17)/t10-/m1/s1. The minimum absolute atomic E-state index is 0.361. The summed E-state index contributed by atoms with van der Waals surface area (Å²) >= 11 is 1.63. The highest BCUT2D eigenvalue weighted by molar-refractivity contribution is 7.12. The van der Waals surface area contributed by atoms with E-state index in [0.29, 0.717) is 13.0 Å². The van der Waals surface area contributed by atoms with Crippen LogP contribution in [0.25, 0.3) is 0 Å². The molecule has 1 aromatic rings. The second-order valence-corrected chi connectivity index (χ2v) is 5.42. The summed E-state index contributed by atoms with van der Waals surface area (Å²) in [5, 5.41) is 13.9. The third kappa shape index (κ3) is 4.03. The van der Waals surface area contributed by atoms with E-state index >= 15 is 0 Å². The van der Waals surface area contributed by atoms with Crippen LogP contribution in [-0.4, -0.2) is 23.1 Å². The van der Waals surface area contributed by atoms with Crippen LogP contribution in [0, 0.1) is 13.8 Å². The fourth-order valence-corrected chi connectivity index (χ4v) is 2.45. The lowest BCUT2D eigenvalue weighted by Crippen LogP contribution is -2.45. The third-order valence-electron chi connectivity index (χ3n) is 2.65. The van der Waals surface area contributed by atoms with E-state index in [1.165, 1.54) is 10.4 Å². The van der Waals surface area contributed by atoms with E-state index in [1.807, 2.05) is 19.9 Å². The number of carboxylic acid groups (broad SMARTS) is 1. The van der Waals surface area contributed by atoms with Crippen molar-refractivity contribution < 1.29 is 14.7 Å². The summed E-state index contributed by atoms with van der Waals surface area (Å²) < 4.78 is 0. The van der Waals surface area contributed by atoms with Gasteiger partial charge < -0.3 is 15.7 Å². The number of urea groups is 1. The molecule has 0 aliphatic rings. The molecule has 5 nitrogen and oxygen atoms in total. The van der Waals surface area contributed by atoms with Gasteiger partial charge in [0.25, 0.3) is 0 Å². The summed E-state index contributed by atoms with van der Waals surface area (Å²) in [4.78, 5) is 24.5. The summed E-state index contributed by atoms with van der Waals surface area (Å²) in [6.45, 7) is 6.18. The molecule has 0 radical (unpaired) electrons. The molecule has 0 saturated carbocycles. The first-order chi connectivity index (χ1) is 8.43. The fraction of sp³-hybridized carbons (Fsp3) is 0.500. The molecule has 100 valence electrons. The maximum atomic E-state index is 11.5. The van der Waals surface area contributed by atoms with Gasteiger partial charge in [0, 0.05) is 9.75 Å². The van der Waals surface area contributed by atoms with Crippen molar-refractivity contribution in [3.63, 3.8) is 0 Å². The van der Waals surface area contributed by atoms with Crippen LogP contribution in [0.5, 0.6) is 0 Å². The second kappa shape index (κ2) is 6.39. The topological polar surface area (TPSA) is 78.4 Å². The van der Waals surface area contributed by atoms with Gasteiger partial charge in [-0.1, -0.05) is 6.92 Å². The van der Waals surface area contributed by atoms with Gasteiger partial charge in [0.15, 0.2) is 0 Å².